The summed E-state index contributed by atoms with van der Waals surface area (Å²) in [5, 5.41) is 5.30. The van der Waals surface area contributed by atoms with Crippen molar-refractivity contribution < 1.29 is 37.1 Å². The second kappa shape index (κ2) is 10.4. The lowest BCUT2D eigenvalue weighted by atomic mass is 9.77. The molecule has 36 heavy (non-hydrogen) atoms. The van der Waals surface area contributed by atoms with Crippen LogP contribution in [0.3, 0.4) is 0 Å². The number of rotatable bonds is 8. The van der Waals surface area contributed by atoms with Crippen LogP contribution in [-0.2, 0) is 25.4 Å². The third kappa shape index (κ3) is 5.90. The second-order valence-corrected chi connectivity index (χ2v) is 9.96. The van der Waals surface area contributed by atoms with Gasteiger partial charge in [0.15, 0.2) is 6.61 Å². The van der Waals surface area contributed by atoms with E-state index in [1.807, 2.05) is 20.8 Å². The number of hydrogen-bond acceptors (Lipinski definition) is 5. The highest BCUT2D eigenvalue weighted by Crippen LogP contribution is 2.41. The van der Waals surface area contributed by atoms with Gasteiger partial charge in [-0.2, -0.15) is 13.2 Å². The second-order valence-electron chi connectivity index (χ2n) is 9.96. The molecule has 4 amide bonds. The molecule has 198 valence electrons. The number of amides is 4. The molecule has 0 unspecified atom stereocenters. The summed E-state index contributed by atoms with van der Waals surface area (Å²) in [6, 6.07) is 1.91. The fourth-order valence-corrected chi connectivity index (χ4v) is 4.65. The molecule has 2 aliphatic heterocycles. The van der Waals surface area contributed by atoms with Crippen LogP contribution in [-0.4, -0.2) is 60.3 Å². The number of alkyl halides is 3. The van der Waals surface area contributed by atoms with Gasteiger partial charge in [-0.05, 0) is 48.4 Å². The molecule has 2 aliphatic rings. The predicted octanol–water partition coefficient (Wildman–Crippen LogP) is 1.45. The summed E-state index contributed by atoms with van der Waals surface area (Å²) in [6.07, 6.45) is -3.91. The zero-order chi connectivity index (χ0) is 26.8. The Morgan fingerprint density at radius 3 is 2.42 bits per heavy atom. The van der Waals surface area contributed by atoms with Gasteiger partial charge in [0.2, 0.25) is 17.7 Å². The number of primary amides is 1. The third-order valence-electron chi connectivity index (χ3n) is 7.21. The van der Waals surface area contributed by atoms with E-state index in [2.05, 4.69) is 10.6 Å². The van der Waals surface area contributed by atoms with Crippen LogP contribution in [0.15, 0.2) is 24.3 Å². The Bertz CT molecular complexity index is 1010. The highest BCUT2D eigenvalue weighted by molar-refractivity contribution is 5.93. The molecule has 1 aromatic rings. The van der Waals surface area contributed by atoms with Crippen molar-refractivity contribution >= 4 is 23.6 Å². The standard InChI is InChI=1S/C24H31F3N4O5/c1-13-11-31(18(32)12-36-16-6-4-15(5-7-16)24(25,26)27)19(23(13,2)3)22(35)30-17(20(28)33)10-14-8-9-29-21(14)34/h4-7,13-14,17,19H,8-12H2,1-3H3,(H2,28,33)(H,29,34)(H,30,35)/t13-,14+,17+,19-/m1/s1. The largest absolute Gasteiger partial charge is 0.484 e. The van der Waals surface area contributed by atoms with Crippen molar-refractivity contribution in [2.24, 2.45) is 23.0 Å². The van der Waals surface area contributed by atoms with Crippen molar-refractivity contribution in [1.29, 1.82) is 0 Å². The maximum Gasteiger partial charge on any atom is 0.416 e. The van der Waals surface area contributed by atoms with Crippen molar-refractivity contribution in [3.63, 3.8) is 0 Å². The van der Waals surface area contributed by atoms with Crippen LogP contribution in [0.25, 0.3) is 0 Å². The van der Waals surface area contributed by atoms with Gasteiger partial charge in [0.05, 0.1) is 5.56 Å². The first-order chi connectivity index (χ1) is 16.7. The maximum atomic E-state index is 13.3. The Balaban J connectivity index is 1.70. The summed E-state index contributed by atoms with van der Waals surface area (Å²) in [5.41, 5.74) is 3.98. The van der Waals surface area contributed by atoms with Gasteiger partial charge in [0.1, 0.15) is 17.8 Å². The molecule has 2 heterocycles. The summed E-state index contributed by atoms with van der Waals surface area (Å²) in [5.74, 6) is -2.55. The molecule has 1 aromatic carbocycles. The van der Waals surface area contributed by atoms with E-state index in [-0.39, 0.29) is 30.5 Å². The number of carbonyl (C=O) groups is 4. The third-order valence-corrected chi connectivity index (χ3v) is 7.21. The summed E-state index contributed by atoms with van der Waals surface area (Å²) >= 11 is 0. The average Bonchev–Trinajstić information content (AvgIpc) is 3.30. The van der Waals surface area contributed by atoms with E-state index < -0.39 is 59.5 Å². The van der Waals surface area contributed by atoms with Gasteiger partial charge in [-0.15, -0.1) is 0 Å². The Morgan fingerprint density at radius 1 is 1.25 bits per heavy atom. The monoisotopic (exact) mass is 512 g/mol. The number of nitrogens with two attached hydrogens (primary N) is 1. The molecule has 4 N–H and O–H groups in total. The Kier molecular flexibility index (Phi) is 7.85. The molecule has 9 nitrogen and oxygen atoms in total. The summed E-state index contributed by atoms with van der Waals surface area (Å²) in [7, 11) is 0. The molecule has 2 fully saturated rings. The predicted molar refractivity (Wildman–Crippen MR) is 122 cm³/mol. The zero-order valence-electron chi connectivity index (χ0n) is 20.4. The van der Waals surface area contributed by atoms with Crippen LogP contribution >= 0.6 is 0 Å². The van der Waals surface area contributed by atoms with Gasteiger partial charge in [-0.3, -0.25) is 19.2 Å². The van der Waals surface area contributed by atoms with Gasteiger partial charge < -0.3 is 26.0 Å². The number of ether oxygens (including phenoxy) is 1. The lowest BCUT2D eigenvalue weighted by Crippen LogP contribution is -2.56. The normalized spacial score (nSPS) is 24.2. The highest BCUT2D eigenvalue weighted by atomic mass is 19.4. The van der Waals surface area contributed by atoms with Crippen LogP contribution in [0.4, 0.5) is 13.2 Å². The van der Waals surface area contributed by atoms with E-state index in [1.54, 1.807) is 0 Å². The number of carbonyl (C=O) groups excluding carboxylic acids is 4. The van der Waals surface area contributed by atoms with Gasteiger partial charge in [0.25, 0.3) is 5.91 Å². The molecule has 0 aromatic heterocycles. The average molecular weight is 513 g/mol. The minimum absolute atomic E-state index is 0.0561. The Morgan fingerprint density at radius 2 is 1.89 bits per heavy atom. The minimum Gasteiger partial charge on any atom is -0.484 e. The van der Waals surface area contributed by atoms with Crippen LogP contribution in [0.5, 0.6) is 5.75 Å². The van der Waals surface area contributed by atoms with Crippen molar-refractivity contribution in [2.45, 2.75) is 51.9 Å². The van der Waals surface area contributed by atoms with Crippen LogP contribution in [0.2, 0.25) is 0 Å². The number of hydrogen-bond donors (Lipinski definition) is 3. The lowest BCUT2D eigenvalue weighted by Gasteiger charge is -2.33. The molecule has 12 heteroatoms. The van der Waals surface area contributed by atoms with Crippen molar-refractivity contribution in [2.75, 3.05) is 19.7 Å². The fraction of sp³-hybridized carbons (Fsp3) is 0.583. The number of nitrogens with one attached hydrogen (secondary N) is 2. The first kappa shape index (κ1) is 27.3. The van der Waals surface area contributed by atoms with E-state index in [0.29, 0.717) is 13.0 Å². The molecule has 0 spiro atoms. The molecule has 0 bridgehead atoms. The number of halogens is 3. The quantitative estimate of drug-likeness (QED) is 0.485. The van der Waals surface area contributed by atoms with Crippen LogP contribution in [0.1, 0.15) is 39.2 Å². The lowest BCUT2D eigenvalue weighted by molar-refractivity contribution is -0.143. The smallest absolute Gasteiger partial charge is 0.416 e. The summed E-state index contributed by atoms with van der Waals surface area (Å²) in [4.78, 5) is 51.7. The van der Waals surface area contributed by atoms with Crippen LogP contribution < -0.4 is 21.1 Å². The number of benzene rings is 1. The summed E-state index contributed by atoms with van der Waals surface area (Å²) in [6.45, 7) is 5.78. The minimum atomic E-state index is -4.49. The van der Waals surface area contributed by atoms with Gasteiger partial charge >= 0.3 is 6.18 Å². The molecular weight excluding hydrogens is 481 g/mol. The van der Waals surface area contributed by atoms with E-state index >= 15 is 0 Å². The zero-order valence-corrected chi connectivity index (χ0v) is 20.4. The highest BCUT2D eigenvalue weighted by Gasteiger charge is 2.52. The van der Waals surface area contributed by atoms with Crippen molar-refractivity contribution in [1.82, 2.24) is 15.5 Å². The molecule has 3 rings (SSSR count). The van der Waals surface area contributed by atoms with Crippen LogP contribution in [0, 0.1) is 17.3 Å². The van der Waals surface area contributed by atoms with E-state index in [0.717, 1.165) is 24.3 Å². The summed E-state index contributed by atoms with van der Waals surface area (Å²) < 4.78 is 43.6. The maximum absolute atomic E-state index is 13.3. The Hall–Kier alpha value is -3.31. The van der Waals surface area contributed by atoms with E-state index in [9.17, 15) is 32.3 Å². The van der Waals surface area contributed by atoms with E-state index in [1.165, 1.54) is 4.90 Å². The molecule has 0 radical (unpaired) electrons. The van der Waals surface area contributed by atoms with Gasteiger partial charge in [0, 0.05) is 19.0 Å². The van der Waals surface area contributed by atoms with Crippen molar-refractivity contribution in [3.8, 4) is 5.75 Å². The van der Waals surface area contributed by atoms with E-state index in [4.69, 9.17) is 10.5 Å². The SMILES string of the molecule is C[C@@H]1CN(C(=O)COc2ccc(C(F)(F)F)cc2)[C@H](C(=O)N[C@@H](C[C@@H]2CCNC2=O)C(N)=O)C1(C)C. The number of nitrogens with zero attached hydrogens (tertiary/aromatic N) is 1. The molecule has 2 saturated heterocycles. The first-order valence-corrected chi connectivity index (χ1v) is 11.7. The van der Waals surface area contributed by atoms with Gasteiger partial charge in [-0.25, -0.2) is 0 Å². The Labute approximate surface area is 206 Å². The fourth-order valence-electron chi connectivity index (χ4n) is 4.65. The number of likely N-dealkylation sites (tertiary alicyclic amines) is 1. The molecule has 0 aliphatic carbocycles. The van der Waals surface area contributed by atoms with Gasteiger partial charge in [-0.1, -0.05) is 20.8 Å². The molecule has 4 atom stereocenters. The molecular formula is C24H31F3N4O5. The molecule has 0 saturated carbocycles. The van der Waals surface area contributed by atoms with Crippen molar-refractivity contribution in [3.05, 3.63) is 29.8 Å². The first-order valence-electron chi connectivity index (χ1n) is 11.7. The topological polar surface area (TPSA) is 131 Å².